The molecule has 8 nitrogen and oxygen atoms in total. The zero-order valence-electron chi connectivity index (χ0n) is 20.5. The maximum atomic E-state index is 13.4. The third-order valence-electron chi connectivity index (χ3n) is 7.49. The second kappa shape index (κ2) is 8.32. The van der Waals surface area contributed by atoms with Crippen molar-refractivity contribution in [2.75, 3.05) is 0 Å². The first-order chi connectivity index (χ1) is 18.0. The van der Waals surface area contributed by atoms with Crippen molar-refractivity contribution in [1.29, 1.82) is 0 Å². The number of benzene rings is 1. The summed E-state index contributed by atoms with van der Waals surface area (Å²) in [4.78, 5) is 16.2. The normalized spacial score (nSPS) is 16.3. The number of carboxylic acids is 1. The van der Waals surface area contributed by atoms with Gasteiger partial charge in [0.05, 0.1) is 33.6 Å². The number of hydrogen-bond donors (Lipinski definition) is 2. The summed E-state index contributed by atoms with van der Waals surface area (Å²) in [5, 5.41) is 25.3. The first-order valence-electron chi connectivity index (χ1n) is 12.3. The smallest absolute Gasteiger partial charge is 0.478 e. The van der Waals surface area contributed by atoms with Gasteiger partial charge < -0.3 is 24.0 Å². The number of nitrogens with zero attached hydrogens (tertiary/aromatic N) is 3. The monoisotopic (exact) mass is 527 g/mol. The molecule has 4 aromatic rings. The average molecular weight is 527 g/mol. The van der Waals surface area contributed by atoms with Crippen molar-refractivity contribution in [3.63, 3.8) is 0 Å². The lowest BCUT2D eigenvalue weighted by Crippen LogP contribution is -2.31. The van der Waals surface area contributed by atoms with Crippen LogP contribution in [0.25, 0.3) is 27.8 Å². The van der Waals surface area contributed by atoms with Crippen molar-refractivity contribution < 1.29 is 37.4 Å². The number of pyridine rings is 1. The van der Waals surface area contributed by atoms with Gasteiger partial charge in [-0.25, -0.2) is 4.79 Å². The van der Waals surface area contributed by atoms with E-state index >= 15 is 0 Å². The second-order valence-electron chi connectivity index (χ2n) is 10.1. The van der Waals surface area contributed by atoms with Crippen molar-refractivity contribution in [3.8, 4) is 22.6 Å². The number of ether oxygens (including phenoxy) is 1. The predicted octanol–water partition coefficient (Wildman–Crippen LogP) is 5.90. The van der Waals surface area contributed by atoms with Crippen LogP contribution in [-0.4, -0.2) is 37.3 Å². The highest BCUT2D eigenvalue weighted by Gasteiger charge is 2.55. The van der Waals surface area contributed by atoms with Gasteiger partial charge in [0.1, 0.15) is 5.76 Å². The second-order valence-corrected chi connectivity index (χ2v) is 10.1. The molecule has 6 rings (SSSR count). The number of aromatic carboxylic acids is 1. The Hall–Kier alpha value is -3.86. The van der Waals surface area contributed by atoms with E-state index in [4.69, 9.17) is 9.51 Å². The zero-order valence-corrected chi connectivity index (χ0v) is 20.5. The highest BCUT2D eigenvalue weighted by molar-refractivity contribution is 5.90. The van der Waals surface area contributed by atoms with Crippen LogP contribution in [0.5, 0.6) is 5.75 Å². The fourth-order valence-corrected chi connectivity index (χ4v) is 5.50. The van der Waals surface area contributed by atoms with E-state index in [2.05, 4.69) is 9.89 Å². The minimum Gasteiger partial charge on any atom is -0.478 e. The molecule has 198 valence electrons. The van der Waals surface area contributed by atoms with E-state index in [-0.39, 0.29) is 23.1 Å². The highest BCUT2D eigenvalue weighted by Crippen LogP contribution is 2.58. The first-order valence-corrected chi connectivity index (χ1v) is 12.3. The fourth-order valence-electron chi connectivity index (χ4n) is 5.50. The molecule has 2 fully saturated rings. The van der Waals surface area contributed by atoms with E-state index in [9.17, 15) is 28.2 Å². The SMILES string of the molecule is Cc1noc(C)c1-c1cnc2c(C(O)(C3CC3)C3CC3)cn(-c3ccc(C(=O)O)cc3OC(F)(F)F)c2c1. The molecule has 2 N–H and O–H groups in total. The largest absolute Gasteiger partial charge is 0.573 e. The Labute approximate surface area is 214 Å². The van der Waals surface area contributed by atoms with Crippen LogP contribution >= 0.6 is 0 Å². The van der Waals surface area contributed by atoms with Gasteiger partial charge in [0.2, 0.25) is 0 Å². The summed E-state index contributed by atoms with van der Waals surface area (Å²) in [5.41, 5.74) is 1.87. The summed E-state index contributed by atoms with van der Waals surface area (Å²) in [5.74, 6) is -1.43. The van der Waals surface area contributed by atoms with E-state index in [1.165, 1.54) is 16.7 Å². The lowest BCUT2D eigenvalue weighted by Gasteiger charge is -2.28. The molecule has 38 heavy (non-hydrogen) atoms. The number of hydrogen-bond acceptors (Lipinski definition) is 6. The predicted molar refractivity (Wildman–Crippen MR) is 129 cm³/mol. The van der Waals surface area contributed by atoms with Gasteiger partial charge in [0, 0.05) is 29.1 Å². The Kier molecular flexibility index (Phi) is 5.36. The van der Waals surface area contributed by atoms with Crippen molar-refractivity contribution in [2.24, 2.45) is 11.8 Å². The van der Waals surface area contributed by atoms with Gasteiger partial charge in [-0.05, 0) is 75.6 Å². The Morgan fingerprint density at radius 2 is 1.82 bits per heavy atom. The van der Waals surface area contributed by atoms with E-state index in [0.29, 0.717) is 39.2 Å². The number of carboxylic acid groups (broad SMARTS) is 1. The highest BCUT2D eigenvalue weighted by atomic mass is 19.4. The third kappa shape index (κ3) is 4.01. The number of aromatic nitrogens is 3. The van der Waals surface area contributed by atoms with Gasteiger partial charge in [-0.15, -0.1) is 13.2 Å². The summed E-state index contributed by atoms with van der Waals surface area (Å²) in [6.07, 6.45) is 1.62. The molecule has 1 aromatic carbocycles. The van der Waals surface area contributed by atoms with Gasteiger partial charge in [0.25, 0.3) is 0 Å². The van der Waals surface area contributed by atoms with E-state index < -0.39 is 23.7 Å². The Morgan fingerprint density at radius 1 is 1.13 bits per heavy atom. The summed E-state index contributed by atoms with van der Waals surface area (Å²) >= 11 is 0. The zero-order chi connectivity index (χ0) is 27.0. The average Bonchev–Trinajstić information content (AvgIpc) is 3.77. The maximum absolute atomic E-state index is 13.4. The molecule has 11 heteroatoms. The van der Waals surface area contributed by atoms with Gasteiger partial charge in [0.15, 0.2) is 5.75 Å². The molecule has 0 unspecified atom stereocenters. The Balaban J connectivity index is 1.63. The van der Waals surface area contributed by atoms with E-state index in [0.717, 1.165) is 31.7 Å². The van der Waals surface area contributed by atoms with E-state index in [1.54, 1.807) is 32.3 Å². The molecule has 2 aliphatic carbocycles. The van der Waals surface area contributed by atoms with Gasteiger partial charge in [-0.1, -0.05) is 5.16 Å². The molecule has 0 atom stereocenters. The quantitative estimate of drug-likeness (QED) is 0.308. The number of aliphatic hydroxyl groups is 1. The van der Waals surface area contributed by atoms with Crippen LogP contribution in [0.3, 0.4) is 0 Å². The topological polar surface area (TPSA) is 111 Å². The molecule has 0 aliphatic heterocycles. The molecule has 0 amide bonds. The van der Waals surface area contributed by atoms with Crippen LogP contribution < -0.4 is 4.74 Å². The Morgan fingerprint density at radius 3 is 2.37 bits per heavy atom. The Bertz CT molecular complexity index is 1550. The van der Waals surface area contributed by atoms with Gasteiger partial charge >= 0.3 is 12.3 Å². The molecule has 0 spiro atoms. The number of aryl methyl sites for hydroxylation is 2. The molecule has 3 aromatic heterocycles. The number of fused-ring (bicyclic) bond motifs is 1. The summed E-state index contributed by atoms with van der Waals surface area (Å²) in [6.45, 7) is 3.53. The first kappa shape index (κ1) is 24.5. The number of rotatable bonds is 7. The van der Waals surface area contributed by atoms with Crippen LogP contribution in [-0.2, 0) is 5.60 Å². The number of alkyl halides is 3. The van der Waals surface area contributed by atoms with Crippen molar-refractivity contribution in [3.05, 3.63) is 59.2 Å². The van der Waals surface area contributed by atoms with Crippen LogP contribution in [0.4, 0.5) is 13.2 Å². The third-order valence-corrected chi connectivity index (χ3v) is 7.49. The number of halogens is 3. The van der Waals surface area contributed by atoms with Crippen molar-refractivity contribution >= 4 is 17.0 Å². The minimum absolute atomic E-state index is 0.0322. The maximum Gasteiger partial charge on any atom is 0.573 e. The summed E-state index contributed by atoms with van der Waals surface area (Å²) < 4.78 is 51.3. The van der Waals surface area contributed by atoms with Crippen LogP contribution in [0.15, 0.2) is 41.2 Å². The lowest BCUT2D eigenvalue weighted by molar-refractivity contribution is -0.274. The van der Waals surface area contributed by atoms with Gasteiger partial charge in [-0.3, -0.25) is 4.98 Å². The van der Waals surface area contributed by atoms with E-state index in [1.807, 2.05) is 0 Å². The molecule has 0 bridgehead atoms. The van der Waals surface area contributed by atoms with Crippen molar-refractivity contribution in [2.45, 2.75) is 51.5 Å². The van der Waals surface area contributed by atoms with Gasteiger partial charge in [-0.2, -0.15) is 0 Å². The van der Waals surface area contributed by atoms with Crippen molar-refractivity contribution in [1.82, 2.24) is 14.7 Å². The molecule has 0 radical (unpaired) electrons. The molecule has 0 saturated heterocycles. The summed E-state index contributed by atoms with van der Waals surface area (Å²) in [6, 6.07) is 5.09. The standard InChI is InChI=1S/C27H24F3N3O5/c1-13-23(14(2)38-32-13)16-9-21-24(31-11-16)19(26(36,17-4-5-17)18-6-7-18)12-33(21)20-8-3-15(25(34)35)10-22(20)37-27(28,29)30/h3,8-12,17-18,36H,4-7H2,1-2H3,(H,34,35). The van der Waals surface area contributed by atoms with Crippen LogP contribution in [0.1, 0.15) is 53.1 Å². The molecular formula is C27H24F3N3O5. The van der Waals surface area contributed by atoms with Crippen LogP contribution in [0.2, 0.25) is 0 Å². The fraction of sp³-hybridized carbons (Fsp3) is 0.370. The summed E-state index contributed by atoms with van der Waals surface area (Å²) in [7, 11) is 0. The lowest BCUT2D eigenvalue weighted by atomic mass is 9.85. The molecule has 3 heterocycles. The molecule has 2 saturated carbocycles. The van der Waals surface area contributed by atoms with Crippen LogP contribution in [0, 0.1) is 25.7 Å². The number of carbonyl (C=O) groups is 1. The molecular weight excluding hydrogens is 503 g/mol. The molecule has 2 aliphatic rings. The minimum atomic E-state index is -5.06.